The van der Waals surface area contributed by atoms with Gasteiger partial charge in [0.1, 0.15) is 11.6 Å². The second kappa shape index (κ2) is 7.53. The van der Waals surface area contributed by atoms with Crippen LogP contribution in [0.3, 0.4) is 0 Å². The molecule has 0 amide bonds. The van der Waals surface area contributed by atoms with Crippen LogP contribution < -0.4 is 9.64 Å². The van der Waals surface area contributed by atoms with Crippen molar-refractivity contribution in [2.45, 2.75) is 12.5 Å². The number of pyridine rings is 1. The van der Waals surface area contributed by atoms with E-state index in [4.69, 9.17) is 21.6 Å². The predicted molar refractivity (Wildman–Crippen MR) is 102 cm³/mol. The fraction of sp³-hybridized carbons (Fsp3) is 0.400. The topological polar surface area (TPSA) is 52.4 Å². The molecule has 0 radical (unpaired) electrons. The summed E-state index contributed by atoms with van der Waals surface area (Å²) in [7, 11) is 0. The zero-order chi connectivity index (χ0) is 17.9. The number of hydrogen-bond donors (Lipinski definition) is 0. The third-order valence-corrected chi connectivity index (χ3v) is 5.43. The van der Waals surface area contributed by atoms with Crippen LogP contribution in [0.15, 0.2) is 42.6 Å². The summed E-state index contributed by atoms with van der Waals surface area (Å²) in [5, 5.41) is 9.53. The minimum absolute atomic E-state index is 0.536. The molecule has 0 unspecified atom stereocenters. The minimum atomic E-state index is 0.536. The Morgan fingerprint density at radius 1 is 1.15 bits per heavy atom. The fourth-order valence-electron chi connectivity index (χ4n) is 3.87. The monoisotopic (exact) mass is 368 g/mol. The Balaban J connectivity index is 1.31. The van der Waals surface area contributed by atoms with E-state index in [0.29, 0.717) is 22.5 Å². The summed E-state index contributed by atoms with van der Waals surface area (Å²) in [4.78, 5) is 9.37. The van der Waals surface area contributed by atoms with Crippen LogP contribution in [0.1, 0.15) is 12.0 Å². The number of aromatic nitrogens is 1. The molecule has 2 aliphatic rings. The average molecular weight is 369 g/mol. The minimum Gasteiger partial charge on any atom is -0.493 e. The number of ether oxygens (including phenoxy) is 1. The van der Waals surface area contributed by atoms with Gasteiger partial charge >= 0.3 is 0 Å². The number of halogens is 1. The highest BCUT2D eigenvalue weighted by atomic mass is 35.5. The Labute approximate surface area is 158 Å². The van der Waals surface area contributed by atoms with Gasteiger partial charge in [-0.15, -0.1) is 0 Å². The third kappa shape index (κ3) is 3.77. The fourth-order valence-corrected chi connectivity index (χ4v) is 3.98. The summed E-state index contributed by atoms with van der Waals surface area (Å²) in [5.41, 5.74) is 0.659. The molecule has 2 saturated heterocycles. The molecule has 26 heavy (non-hydrogen) atoms. The lowest BCUT2D eigenvalue weighted by atomic mass is 10.1. The van der Waals surface area contributed by atoms with Gasteiger partial charge in [0.05, 0.1) is 23.3 Å². The van der Waals surface area contributed by atoms with E-state index in [2.05, 4.69) is 20.9 Å². The largest absolute Gasteiger partial charge is 0.493 e. The number of benzene rings is 1. The van der Waals surface area contributed by atoms with Gasteiger partial charge in [-0.25, -0.2) is 4.98 Å². The Bertz CT molecular complexity index is 787. The predicted octanol–water partition coefficient (Wildman–Crippen LogP) is 3.20. The SMILES string of the molecule is N#Cc1ccc(OC[C@H]2C[C@H]3CN(c4ccc(Cl)cn4)CCN3C2)cc1. The van der Waals surface area contributed by atoms with E-state index in [-0.39, 0.29) is 0 Å². The van der Waals surface area contributed by atoms with Crippen molar-refractivity contribution >= 4 is 17.4 Å². The molecular weight excluding hydrogens is 348 g/mol. The molecule has 2 fully saturated rings. The van der Waals surface area contributed by atoms with Gasteiger partial charge in [-0.3, -0.25) is 4.90 Å². The van der Waals surface area contributed by atoms with Crippen molar-refractivity contribution in [3.63, 3.8) is 0 Å². The van der Waals surface area contributed by atoms with Crippen LogP contribution in [0.25, 0.3) is 0 Å². The van der Waals surface area contributed by atoms with Crippen molar-refractivity contribution in [2.24, 2.45) is 5.92 Å². The number of piperazine rings is 1. The summed E-state index contributed by atoms with van der Waals surface area (Å²) in [6, 6.07) is 13.9. The highest BCUT2D eigenvalue weighted by Gasteiger charge is 2.36. The molecule has 2 aromatic rings. The van der Waals surface area contributed by atoms with Crippen molar-refractivity contribution in [3.8, 4) is 11.8 Å². The number of anilines is 1. The molecule has 5 nitrogen and oxygen atoms in total. The van der Waals surface area contributed by atoms with Crippen LogP contribution >= 0.6 is 11.6 Å². The van der Waals surface area contributed by atoms with Gasteiger partial charge in [0.25, 0.3) is 0 Å². The molecule has 1 aromatic heterocycles. The van der Waals surface area contributed by atoms with Gasteiger partial charge in [0, 0.05) is 44.3 Å². The zero-order valence-corrected chi connectivity index (χ0v) is 15.3. The molecule has 2 atom stereocenters. The maximum Gasteiger partial charge on any atom is 0.128 e. The van der Waals surface area contributed by atoms with Crippen LogP contribution in [0.5, 0.6) is 5.75 Å². The molecule has 0 spiro atoms. The van der Waals surface area contributed by atoms with Gasteiger partial charge in [0.15, 0.2) is 0 Å². The van der Waals surface area contributed by atoms with E-state index in [1.165, 1.54) is 0 Å². The third-order valence-electron chi connectivity index (χ3n) is 5.21. The Kier molecular flexibility index (Phi) is 4.96. The quantitative estimate of drug-likeness (QED) is 0.829. The molecule has 1 aromatic carbocycles. The lowest BCUT2D eigenvalue weighted by Gasteiger charge is -2.38. The molecule has 3 heterocycles. The first-order chi connectivity index (χ1) is 12.7. The second-order valence-corrected chi connectivity index (χ2v) is 7.41. The van der Waals surface area contributed by atoms with Crippen LogP contribution in [0.4, 0.5) is 5.82 Å². The van der Waals surface area contributed by atoms with E-state index in [0.717, 1.165) is 50.8 Å². The number of fused-ring (bicyclic) bond motifs is 1. The van der Waals surface area contributed by atoms with Gasteiger partial charge in [-0.05, 0) is 42.8 Å². The lowest BCUT2D eigenvalue weighted by Crippen LogP contribution is -2.50. The van der Waals surface area contributed by atoms with Gasteiger partial charge < -0.3 is 9.64 Å². The van der Waals surface area contributed by atoms with E-state index in [1.807, 2.05) is 24.3 Å². The summed E-state index contributed by atoms with van der Waals surface area (Å²) in [5.74, 6) is 2.38. The molecule has 134 valence electrons. The number of nitrogens with zero attached hydrogens (tertiary/aromatic N) is 4. The second-order valence-electron chi connectivity index (χ2n) is 6.98. The van der Waals surface area contributed by atoms with Crippen LogP contribution in [-0.2, 0) is 0 Å². The molecular formula is C20H21ClN4O. The first kappa shape index (κ1) is 17.1. The van der Waals surface area contributed by atoms with Crippen molar-refractivity contribution in [3.05, 3.63) is 53.2 Å². The number of rotatable bonds is 4. The van der Waals surface area contributed by atoms with Crippen LogP contribution in [0.2, 0.25) is 5.02 Å². The first-order valence-corrected chi connectivity index (χ1v) is 9.32. The molecule has 0 aliphatic carbocycles. The lowest BCUT2D eigenvalue weighted by molar-refractivity contribution is 0.216. The van der Waals surface area contributed by atoms with E-state index in [1.54, 1.807) is 18.3 Å². The summed E-state index contributed by atoms with van der Waals surface area (Å²) >= 11 is 5.94. The maximum absolute atomic E-state index is 8.86. The highest BCUT2D eigenvalue weighted by Crippen LogP contribution is 2.29. The normalized spacial score (nSPS) is 22.7. The maximum atomic E-state index is 8.86. The first-order valence-electron chi connectivity index (χ1n) is 8.95. The van der Waals surface area contributed by atoms with Gasteiger partial charge in [-0.2, -0.15) is 5.26 Å². The Morgan fingerprint density at radius 2 is 2.00 bits per heavy atom. The molecule has 0 saturated carbocycles. The standard InChI is InChI=1S/C20H21ClN4O/c21-17-3-6-20(23-11-17)25-8-7-24-12-16(9-18(24)13-25)14-26-19-4-1-15(10-22)2-5-19/h1-6,11,16,18H,7-9,12-14H2/t16-,18-/m0/s1. The molecule has 0 N–H and O–H groups in total. The molecule has 6 heteroatoms. The van der Waals surface area contributed by atoms with Gasteiger partial charge in [0.2, 0.25) is 0 Å². The zero-order valence-electron chi connectivity index (χ0n) is 14.5. The average Bonchev–Trinajstić information content (AvgIpc) is 3.09. The molecule has 4 rings (SSSR count). The Hall–Kier alpha value is -2.29. The number of nitriles is 1. The van der Waals surface area contributed by atoms with Crippen molar-refractivity contribution in [2.75, 3.05) is 37.7 Å². The van der Waals surface area contributed by atoms with E-state index in [9.17, 15) is 0 Å². The Morgan fingerprint density at radius 3 is 2.73 bits per heavy atom. The van der Waals surface area contributed by atoms with E-state index < -0.39 is 0 Å². The summed E-state index contributed by atoms with van der Waals surface area (Å²) in [6.07, 6.45) is 2.85. The summed E-state index contributed by atoms with van der Waals surface area (Å²) < 4.78 is 5.94. The summed E-state index contributed by atoms with van der Waals surface area (Å²) in [6.45, 7) is 4.86. The van der Waals surface area contributed by atoms with Crippen LogP contribution in [-0.4, -0.2) is 48.7 Å². The van der Waals surface area contributed by atoms with Gasteiger partial charge in [-0.1, -0.05) is 11.6 Å². The number of hydrogen-bond acceptors (Lipinski definition) is 5. The van der Waals surface area contributed by atoms with Crippen molar-refractivity contribution in [1.82, 2.24) is 9.88 Å². The molecule has 0 bridgehead atoms. The van der Waals surface area contributed by atoms with Crippen molar-refractivity contribution < 1.29 is 4.74 Å². The van der Waals surface area contributed by atoms with Crippen LogP contribution in [0, 0.1) is 17.2 Å². The van der Waals surface area contributed by atoms with E-state index >= 15 is 0 Å². The van der Waals surface area contributed by atoms with Crippen molar-refractivity contribution in [1.29, 1.82) is 5.26 Å². The highest BCUT2D eigenvalue weighted by molar-refractivity contribution is 6.30. The smallest absolute Gasteiger partial charge is 0.128 e. The molecule has 2 aliphatic heterocycles.